The van der Waals surface area contributed by atoms with Gasteiger partial charge in [0.05, 0.1) is 0 Å². The van der Waals surface area contributed by atoms with Gasteiger partial charge in [0, 0.05) is 5.56 Å². The summed E-state index contributed by atoms with van der Waals surface area (Å²) in [5, 5.41) is 2.33. The van der Waals surface area contributed by atoms with Crippen molar-refractivity contribution in [2.75, 3.05) is 6.54 Å². The number of rotatable bonds is 4. The molecule has 20 heavy (non-hydrogen) atoms. The van der Waals surface area contributed by atoms with Crippen LogP contribution in [-0.4, -0.2) is 13.0 Å². The van der Waals surface area contributed by atoms with Crippen molar-refractivity contribution in [1.29, 1.82) is 0 Å². The van der Waals surface area contributed by atoms with Crippen molar-refractivity contribution in [3.8, 4) is 0 Å². The van der Waals surface area contributed by atoms with Crippen molar-refractivity contribution < 1.29 is 9.53 Å². The Morgan fingerprint density at radius 3 is 2.85 bits per heavy atom. The minimum atomic E-state index is -0.290. The average Bonchev–Trinajstić information content (AvgIpc) is 2.44. The Labute approximate surface area is 123 Å². The van der Waals surface area contributed by atoms with Crippen molar-refractivity contribution in [1.82, 2.24) is 0 Å². The lowest BCUT2D eigenvalue weighted by Crippen LogP contribution is -2.09. The fraction of sp³-hybridized carbons (Fsp3) is 0.188. The molecule has 0 aromatic heterocycles. The van der Waals surface area contributed by atoms with E-state index in [1.165, 1.54) is 16.5 Å². The molecule has 3 rings (SSSR count). The minimum Gasteiger partial charge on any atom is -0.455 e. The maximum atomic E-state index is 10.6. The van der Waals surface area contributed by atoms with E-state index in [1.807, 2.05) is 24.3 Å². The van der Waals surface area contributed by atoms with Crippen molar-refractivity contribution >= 4 is 35.7 Å². The van der Waals surface area contributed by atoms with Crippen LogP contribution in [0.15, 0.2) is 36.4 Å². The van der Waals surface area contributed by atoms with Gasteiger partial charge in [0.2, 0.25) is 0 Å². The SMILES string of the molecule is Cl.NCCc1ccc2cccc3c2c1C=CC3OC=O. The van der Waals surface area contributed by atoms with Crippen molar-refractivity contribution in [3.63, 3.8) is 0 Å². The summed E-state index contributed by atoms with van der Waals surface area (Å²) in [6.07, 6.45) is 4.52. The standard InChI is InChI=1S/C16H15NO2.ClH/c17-9-8-11-4-5-12-2-1-3-14-15(19-10-18)7-6-13(11)16(12)14;/h1-7,10,15H,8-9,17H2;1H. The van der Waals surface area contributed by atoms with Gasteiger partial charge in [-0.15, -0.1) is 12.4 Å². The maximum absolute atomic E-state index is 10.6. The van der Waals surface area contributed by atoms with Crippen LogP contribution in [-0.2, 0) is 16.0 Å². The molecule has 0 heterocycles. The molecular weight excluding hydrogens is 274 g/mol. The number of hydrogen-bond acceptors (Lipinski definition) is 3. The lowest BCUT2D eigenvalue weighted by atomic mass is 9.88. The zero-order valence-corrected chi connectivity index (χ0v) is 11.7. The van der Waals surface area contributed by atoms with Crippen LogP contribution in [0, 0.1) is 0 Å². The highest BCUT2D eigenvalue weighted by molar-refractivity contribution is 5.96. The number of ether oxygens (including phenoxy) is 1. The summed E-state index contributed by atoms with van der Waals surface area (Å²) in [7, 11) is 0. The summed E-state index contributed by atoms with van der Waals surface area (Å²) in [5.41, 5.74) is 9.14. The first kappa shape index (κ1) is 14.6. The Bertz CT molecular complexity index is 667. The second-order valence-corrected chi connectivity index (χ2v) is 4.63. The van der Waals surface area contributed by atoms with Gasteiger partial charge in [-0.1, -0.05) is 36.4 Å². The fourth-order valence-corrected chi connectivity index (χ4v) is 2.75. The van der Waals surface area contributed by atoms with Crippen LogP contribution in [0.5, 0.6) is 0 Å². The summed E-state index contributed by atoms with van der Waals surface area (Å²) < 4.78 is 5.14. The van der Waals surface area contributed by atoms with Gasteiger partial charge in [0.25, 0.3) is 6.47 Å². The monoisotopic (exact) mass is 289 g/mol. The van der Waals surface area contributed by atoms with Gasteiger partial charge in [0.1, 0.15) is 6.10 Å². The predicted molar refractivity (Wildman–Crippen MR) is 82.9 cm³/mol. The van der Waals surface area contributed by atoms with E-state index in [1.54, 1.807) is 0 Å². The third kappa shape index (κ3) is 2.30. The van der Waals surface area contributed by atoms with Crippen LogP contribution >= 0.6 is 12.4 Å². The normalized spacial score (nSPS) is 15.8. The van der Waals surface area contributed by atoms with Crippen LogP contribution in [0.25, 0.3) is 16.8 Å². The van der Waals surface area contributed by atoms with Gasteiger partial charge in [0.15, 0.2) is 0 Å². The Morgan fingerprint density at radius 2 is 2.10 bits per heavy atom. The summed E-state index contributed by atoms with van der Waals surface area (Å²) in [6.45, 7) is 1.13. The van der Waals surface area contributed by atoms with Gasteiger partial charge >= 0.3 is 0 Å². The quantitative estimate of drug-likeness (QED) is 0.880. The Morgan fingerprint density at radius 1 is 1.25 bits per heavy atom. The molecule has 1 aliphatic rings. The number of benzene rings is 2. The molecule has 1 aliphatic carbocycles. The third-order valence-corrected chi connectivity index (χ3v) is 3.57. The summed E-state index contributed by atoms with van der Waals surface area (Å²) in [5.74, 6) is 0. The van der Waals surface area contributed by atoms with Gasteiger partial charge in [-0.25, -0.2) is 0 Å². The molecule has 2 aromatic rings. The van der Waals surface area contributed by atoms with E-state index < -0.39 is 0 Å². The van der Waals surface area contributed by atoms with Crippen LogP contribution in [0.1, 0.15) is 22.8 Å². The third-order valence-electron chi connectivity index (χ3n) is 3.57. The summed E-state index contributed by atoms with van der Waals surface area (Å²) >= 11 is 0. The second kappa shape index (κ2) is 6.07. The average molecular weight is 290 g/mol. The molecule has 1 atom stereocenters. The molecule has 3 nitrogen and oxygen atoms in total. The second-order valence-electron chi connectivity index (χ2n) is 4.63. The molecule has 1 unspecified atom stereocenters. The van der Waals surface area contributed by atoms with Gasteiger partial charge < -0.3 is 10.5 Å². The lowest BCUT2D eigenvalue weighted by Gasteiger charge is -2.21. The Hall–Kier alpha value is -1.84. The summed E-state index contributed by atoms with van der Waals surface area (Å²) in [4.78, 5) is 10.6. The van der Waals surface area contributed by atoms with Gasteiger partial charge in [-0.3, -0.25) is 4.79 Å². The molecule has 0 saturated carbocycles. The molecule has 0 bridgehead atoms. The molecule has 0 spiro atoms. The van der Waals surface area contributed by atoms with Crippen molar-refractivity contribution in [2.24, 2.45) is 5.73 Å². The van der Waals surface area contributed by atoms with E-state index >= 15 is 0 Å². The van der Waals surface area contributed by atoms with Crippen LogP contribution in [0.4, 0.5) is 0 Å². The molecule has 0 fully saturated rings. The molecule has 0 radical (unpaired) electrons. The smallest absolute Gasteiger partial charge is 0.294 e. The van der Waals surface area contributed by atoms with E-state index in [9.17, 15) is 4.79 Å². The summed E-state index contributed by atoms with van der Waals surface area (Å²) in [6, 6.07) is 10.3. The zero-order valence-electron chi connectivity index (χ0n) is 10.9. The van der Waals surface area contributed by atoms with Gasteiger partial charge in [-0.05, 0) is 40.9 Å². The minimum absolute atomic E-state index is 0. The van der Waals surface area contributed by atoms with E-state index in [4.69, 9.17) is 10.5 Å². The van der Waals surface area contributed by atoms with Crippen LogP contribution in [0.2, 0.25) is 0 Å². The molecule has 4 heteroatoms. The molecule has 0 aliphatic heterocycles. The van der Waals surface area contributed by atoms with E-state index in [-0.39, 0.29) is 18.5 Å². The molecule has 0 saturated heterocycles. The van der Waals surface area contributed by atoms with Crippen LogP contribution in [0.3, 0.4) is 0 Å². The number of carbonyl (C=O) groups excluding carboxylic acids is 1. The lowest BCUT2D eigenvalue weighted by molar-refractivity contribution is -0.131. The zero-order chi connectivity index (χ0) is 13.2. The molecular formula is C16H16ClNO2. The Kier molecular flexibility index (Phi) is 4.42. The first-order valence-electron chi connectivity index (χ1n) is 6.37. The van der Waals surface area contributed by atoms with Crippen molar-refractivity contribution in [3.05, 3.63) is 53.1 Å². The number of nitrogens with two attached hydrogens (primary N) is 1. The van der Waals surface area contributed by atoms with E-state index in [0.717, 1.165) is 17.4 Å². The Balaban J connectivity index is 0.00000147. The maximum Gasteiger partial charge on any atom is 0.294 e. The molecule has 2 N–H and O–H groups in total. The van der Waals surface area contributed by atoms with Crippen LogP contribution < -0.4 is 5.73 Å². The van der Waals surface area contributed by atoms with Crippen molar-refractivity contribution in [2.45, 2.75) is 12.5 Å². The molecule has 104 valence electrons. The topological polar surface area (TPSA) is 52.3 Å². The molecule has 2 aromatic carbocycles. The fourth-order valence-electron chi connectivity index (χ4n) is 2.75. The largest absolute Gasteiger partial charge is 0.455 e. The number of carbonyl (C=O) groups is 1. The first-order chi connectivity index (χ1) is 9.35. The highest BCUT2D eigenvalue weighted by atomic mass is 35.5. The van der Waals surface area contributed by atoms with E-state index in [0.29, 0.717) is 13.0 Å². The highest BCUT2D eigenvalue weighted by Crippen LogP contribution is 2.36. The highest BCUT2D eigenvalue weighted by Gasteiger charge is 2.19. The van der Waals surface area contributed by atoms with E-state index in [2.05, 4.69) is 18.2 Å². The predicted octanol–water partition coefficient (Wildman–Crippen LogP) is 3.00. The first-order valence-corrected chi connectivity index (χ1v) is 6.37. The number of hydrogen-bond donors (Lipinski definition) is 1. The van der Waals surface area contributed by atoms with Gasteiger partial charge in [-0.2, -0.15) is 0 Å². The number of halogens is 1. The molecule has 0 amide bonds.